The topological polar surface area (TPSA) is 62.9 Å². The number of hydrogen-bond acceptors (Lipinski definition) is 5. The molecular formula is C15H23NO4. The molecular weight excluding hydrogens is 258 g/mol. The Hall–Kier alpha value is -1.33. The van der Waals surface area contributed by atoms with E-state index in [2.05, 4.69) is 16.6 Å². The molecule has 0 spiro atoms. The smallest absolute Gasteiger partial charge is 0.373 e. The summed E-state index contributed by atoms with van der Waals surface area (Å²) in [6, 6.07) is 3.95. The van der Waals surface area contributed by atoms with E-state index in [1.807, 2.05) is 13.0 Å². The first-order chi connectivity index (χ1) is 9.52. The van der Waals surface area contributed by atoms with E-state index in [4.69, 9.17) is 4.42 Å². The molecule has 2 rings (SSSR count). The molecule has 0 saturated carbocycles. The van der Waals surface area contributed by atoms with E-state index in [-0.39, 0.29) is 17.9 Å². The molecule has 1 aromatic rings. The van der Waals surface area contributed by atoms with Crippen LogP contribution in [0.15, 0.2) is 16.5 Å². The molecule has 0 aliphatic carbocycles. The van der Waals surface area contributed by atoms with E-state index in [0.717, 1.165) is 31.6 Å². The zero-order chi connectivity index (χ0) is 14.7. The Morgan fingerprint density at radius 1 is 1.55 bits per heavy atom. The molecule has 3 atom stereocenters. The Labute approximate surface area is 119 Å². The fourth-order valence-corrected chi connectivity index (χ4v) is 2.97. The lowest BCUT2D eigenvalue weighted by atomic mass is 10.1. The van der Waals surface area contributed by atoms with Gasteiger partial charge in [0.05, 0.1) is 19.3 Å². The molecule has 0 aromatic carbocycles. The number of ether oxygens (including phenoxy) is 1. The van der Waals surface area contributed by atoms with Crippen molar-refractivity contribution in [2.45, 2.75) is 51.3 Å². The van der Waals surface area contributed by atoms with Crippen LogP contribution in [0, 0.1) is 0 Å². The molecule has 1 aliphatic heterocycles. The van der Waals surface area contributed by atoms with E-state index in [0.29, 0.717) is 6.04 Å². The van der Waals surface area contributed by atoms with Gasteiger partial charge in [-0.2, -0.15) is 0 Å². The predicted molar refractivity (Wildman–Crippen MR) is 74.5 cm³/mol. The maximum absolute atomic E-state index is 11.4. The maximum Gasteiger partial charge on any atom is 0.373 e. The van der Waals surface area contributed by atoms with Crippen LogP contribution in [0.25, 0.3) is 0 Å². The van der Waals surface area contributed by atoms with E-state index < -0.39 is 5.97 Å². The molecule has 0 bridgehead atoms. The first kappa shape index (κ1) is 15.1. The molecule has 0 radical (unpaired) electrons. The van der Waals surface area contributed by atoms with Gasteiger partial charge >= 0.3 is 5.97 Å². The molecule has 0 amide bonds. The minimum Gasteiger partial charge on any atom is -0.463 e. The second kappa shape index (κ2) is 6.41. The summed E-state index contributed by atoms with van der Waals surface area (Å²) in [4.78, 5) is 13.8. The number of aliphatic hydroxyl groups is 1. The highest BCUT2D eigenvalue weighted by atomic mass is 16.5. The number of carbonyl (C=O) groups is 1. The van der Waals surface area contributed by atoms with Crippen molar-refractivity contribution in [3.05, 3.63) is 23.7 Å². The number of hydrogen-bond donors (Lipinski definition) is 1. The molecule has 2 heterocycles. The Balaban J connectivity index is 2.08. The number of furan rings is 1. The molecule has 1 saturated heterocycles. The van der Waals surface area contributed by atoms with Crippen LogP contribution in [0.5, 0.6) is 0 Å². The average molecular weight is 281 g/mol. The van der Waals surface area contributed by atoms with Crippen molar-refractivity contribution in [3.63, 3.8) is 0 Å². The number of likely N-dealkylation sites (tertiary alicyclic amines) is 1. The first-order valence-electron chi connectivity index (χ1n) is 7.14. The van der Waals surface area contributed by atoms with Crippen LogP contribution in [-0.2, 0) is 4.74 Å². The van der Waals surface area contributed by atoms with E-state index in [1.54, 1.807) is 6.07 Å². The van der Waals surface area contributed by atoms with Gasteiger partial charge in [0.15, 0.2) is 0 Å². The lowest BCUT2D eigenvalue weighted by Crippen LogP contribution is -2.34. The molecule has 1 aromatic heterocycles. The normalized spacial score (nSPS) is 22.7. The lowest BCUT2D eigenvalue weighted by Gasteiger charge is -2.30. The third-order valence-electron chi connectivity index (χ3n) is 3.96. The number of rotatable bonds is 5. The number of methoxy groups -OCH3 is 1. The van der Waals surface area contributed by atoms with Gasteiger partial charge < -0.3 is 14.3 Å². The van der Waals surface area contributed by atoms with Crippen LogP contribution in [0.3, 0.4) is 0 Å². The van der Waals surface area contributed by atoms with Crippen molar-refractivity contribution in [1.82, 2.24) is 4.90 Å². The molecule has 1 fully saturated rings. The summed E-state index contributed by atoms with van der Waals surface area (Å²) in [5.74, 6) is 0.550. The van der Waals surface area contributed by atoms with Crippen molar-refractivity contribution in [2.24, 2.45) is 0 Å². The Bertz CT molecular complexity index is 454. The van der Waals surface area contributed by atoms with Gasteiger partial charge in [0.25, 0.3) is 0 Å². The molecule has 112 valence electrons. The molecule has 1 N–H and O–H groups in total. The molecule has 3 unspecified atom stereocenters. The summed E-state index contributed by atoms with van der Waals surface area (Å²) in [6.45, 7) is 4.89. The van der Waals surface area contributed by atoms with Gasteiger partial charge in [-0.05, 0) is 51.8 Å². The van der Waals surface area contributed by atoms with Crippen LogP contribution in [0.2, 0.25) is 0 Å². The molecule has 20 heavy (non-hydrogen) atoms. The second-order valence-corrected chi connectivity index (χ2v) is 5.49. The van der Waals surface area contributed by atoms with Gasteiger partial charge in [0, 0.05) is 6.04 Å². The summed E-state index contributed by atoms with van der Waals surface area (Å²) in [6.07, 6.45) is 2.70. The van der Waals surface area contributed by atoms with E-state index >= 15 is 0 Å². The fraction of sp³-hybridized carbons (Fsp3) is 0.667. The standard InChI is InChI=1S/C15H23NO4/c1-10(17)9-12-5-4-8-16(12)11(2)13-6-7-14(20-13)15(18)19-3/h6-7,10-12,17H,4-5,8-9H2,1-3H3. The first-order valence-corrected chi connectivity index (χ1v) is 7.14. The van der Waals surface area contributed by atoms with Gasteiger partial charge in [-0.3, -0.25) is 4.90 Å². The Morgan fingerprint density at radius 3 is 2.95 bits per heavy atom. The summed E-state index contributed by atoms with van der Waals surface area (Å²) in [5, 5.41) is 9.58. The molecule has 5 heteroatoms. The summed E-state index contributed by atoms with van der Waals surface area (Å²) in [5.41, 5.74) is 0. The highest BCUT2D eigenvalue weighted by Crippen LogP contribution is 2.32. The minimum atomic E-state index is -0.453. The largest absolute Gasteiger partial charge is 0.463 e. The monoisotopic (exact) mass is 281 g/mol. The van der Waals surface area contributed by atoms with Crippen molar-refractivity contribution in [1.29, 1.82) is 0 Å². The van der Waals surface area contributed by atoms with Crippen molar-refractivity contribution >= 4 is 5.97 Å². The number of aliphatic hydroxyl groups excluding tert-OH is 1. The summed E-state index contributed by atoms with van der Waals surface area (Å²) in [7, 11) is 1.34. The Morgan fingerprint density at radius 2 is 2.30 bits per heavy atom. The molecule has 5 nitrogen and oxygen atoms in total. The SMILES string of the molecule is COC(=O)c1ccc(C(C)N2CCCC2CC(C)O)o1. The van der Waals surface area contributed by atoms with Crippen LogP contribution in [0.4, 0.5) is 0 Å². The second-order valence-electron chi connectivity index (χ2n) is 5.49. The fourth-order valence-electron chi connectivity index (χ4n) is 2.97. The van der Waals surface area contributed by atoms with E-state index in [9.17, 15) is 9.90 Å². The average Bonchev–Trinajstić information content (AvgIpc) is 3.05. The maximum atomic E-state index is 11.4. The van der Waals surface area contributed by atoms with Crippen LogP contribution in [-0.4, -0.2) is 41.8 Å². The van der Waals surface area contributed by atoms with Gasteiger partial charge in [0.1, 0.15) is 5.76 Å². The number of carbonyl (C=O) groups excluding carboxylic acids is 1. The zero-order valence-corrected chi connectivity index (χ0v) is 12.3. The number of esters is 1. The minimum absolute atomic E-state index is 0.0969. The highest BCUT2D eigenvalue weighted by molar-refractivity contribution is 5.86. The van der Waals surface area contributed by atoms with Crippen molar-refractivity contribution in [3.8, 4) is 0 Å². The van der Waals surface area contributed by atoms with Crippen LogP contribution >= 0.6 is 0 Å². The Kier molecular flexibility index (Phi) is 4.83. The molecule has 1 aliphatic rings. The third kappa shape index (κ3) is 3.22. The number of nitrogens with zero attached hydrogens (tertiary/aromatic N) is 1. The summed E-state index contributed by atoms with van der Waals surface area (Å²) >= 11 is 0. The lowest BCUT2D eigenvalue weighted by molar-refractivity contribution is 0.0556. The quantitative estimate of drug-likeness (QED) is 0.839. The van der Waals surface area contributed by atoms with Gasteiger partial charge in [-0.25, -0.2) is 4.79 Å². The zero-order valence-electron chi connectivity index (χ0n) is 12.3. The van der Waals surface area contributed by atoms with Gasteiger partial charge in [0.2, 0.25) is 5.76 Å². The summed E-state index contributed by atoms with van der Waals surface area (Å²) < 4.78 is 10.2. The van der Waals surface area contributed by atoms with Crippen molar-refractivity contribution in [2.75, 3.05) is 13.7 Å². The van der Waals surface area contributed by atoms with Crippen molar-refractivity contribution < 1.29 is 19.1 Å². The van der Waals surface area contributed by atoms with Crippen LogP contribution in [0.1, 0.15) is 55.5 Å². The van der Waals surface area contributed by atoms with Gasteiger partial charge in [-0.15, -0.1) is 0 Å². The van der Waals surface area contributed by atoms with E-state index in [1.165, 1.54) is 7.11 Å². The predicted octanol–water partition coefficient (Wildman–Crippen LogP) is 2.36. The third-order valence-corrected chi connectivity index (χ3v) is 3.96. The van der Waals surface area contributed by atoms with Crippen LogP contribution < -0.4 is 0 Å². The highest BCUT2D eigenvalue weighted by Gasteiger charge is 2.31. The van der Waals surface area contributed by atoms with Gasteiger partial charge in [-0.1, -0.05) is 0 Å².